The minimum atomic E-state index is -4.52. The number of likely N-dealkylation sites (N-methyl/N-ethyl adjacent to an activating group) is 1. The lowest BCUT2D eigenvalue weighted by molar-refractivity contribution is -0.137. The van der Waals surface area contributed by atoms with E-state index in [-0.39, 0.29) is 54.4 Å². The standard InChI is InChI=1S/C37H45F4N5O6/c1-23-20-46(24(2)22-47)34(48)31-19-30(43-35(49)42-28-12-8-26(9-13-28)37(39,40)41)16-17-32(31)52-25(3)7-5-6-18-51-33(23)21-45(4)36(50)44-29-14-10-27(38)11-15-29/h8-17,19,23-25,33,47H,5-7,18,20-22H2,1-4H3,(H,44,50)(H2,42,43,49)/t23-,24-,25-,33+/m0/s1. The first-order chi connectivity index (χ1) is 24.6. The van der Waals surface area contributed by atoms with Crippen molar-refractivity contribution in [3.63, 3.8) is 0 Å². The first-order valence-electron chi connectivity index (χ1n) is 17.0. The fourth-order valence-electron chi connectivity index (χ4n) is 5.60. The SMILES string of the molecule is C[C@H]1CCCCO[C@H](CN(C)C(=O)Nc2ccc(F)cc2)[C@@H](C)CN([C@@H](C)CO)C(=O)c2cc(NC(=O)Nc3ccc(C(F)(F)F)cc3)ccc2O1. The summed E-state index contributed by atoms with van der Waals surface area (Å²) in [4.78, 5) is 43.1. The average molecular weight is 732 g/mol. The summed E-state index contributed by atoms with van der Waals surface area (Å²) in [6, 6.07) is 12.1. The van der Waals surface area contributed by atoms with Gasteiger partial charge in [0.2, 0.25) is 0 Å². The first-order valence-corrected chi connectivity index (χ1v) is 17.0. The first kappa shape index (κ1) is 39.9. The van der Waals surface area contributed by atoms with Crippen molar-refractivity contribution >= 4 is 35.0 Å². The second-order valence-electron chi connectivity index (χ2n) is 13.0. The van der Waals surface area contributed by atoms with Crippen LogP contribution in [0, 0.1) is 11.7 Å². The summed E-state index contributed by atoms with van der Waals surface area (Å²) in [5.41, 5.74) is 0.0354. The van der Waals surface area contributed by atoms with Crippen LogP contribution in [0.5, 0.6) is 5.75 Å². The van der Waals surface area contributed by atoms with Crippen LogP contribution in [-0.2, 0) is 10.9 Å². The van der Waals surface area contributed by atoms with Crippen molar-refractivity contribution in [2.75, 3.05) is 49.3 Å². The van der Waals surface area contributed by atoms with Crippen molar-refractivity contribution in [2.45, 2.75) is 64.5 Å². The van der Waals surface area contributed by atoms with Crippen molar-refractivity contribution in [1.29, 1.82) is 0 Å². The topological polar surface area (TPSA) is 132 Å². The van der Waals surface area contributed by atoms with Gasteiger partial charge in [0, 0.05) is 49.7 Å². The number of amides is 5. The van der Waals surface area contributed by atoms with E-state index in [0.29, 0.717) is 25.1 Å². The molecular weight excluding hydrogens is 686 g/mol. The summed E-state index contributed by atoms with van der Waals surface area (Å²) < 4.78 is 64.7. The number of carbonyl (C=O) groups is 3. The number of alkyl halides is 3. The van der Waals surface area contributed by atoms with Crippen molar-refractivity contribution in [3.05, 3.63) is 83.7 Å². The van der Waals surface area contributed by atoms with Crippen molar-refractivity contribution in [2.24, 2.45) is 5.92 Å². The molecule has 5 amide bonds. The molecule has 4 atom stereocenters. The number of hydrogen-bond donors (Lipinski definition) is 4. The minimum absolute atomic E-state index is 0.122. The van der Waals surface area contributed by atoms with E-state index in [1.165, 1.54) is 40.1 Å². The molecule has 15 heteroatoms. The molecule has 0 unspecified atom stereocenters. The molecule has 0 bridgehead atoms. The largest absolute Gasteiger partial charge is 0.490 e. The molecule has 3 aromatic rings. The molecule has 0 spiro atoms. The molecule has 1 heterocycles. The van der Waals surface area contributed by atoms with Gasteiger partial charge in [-0.25, -0.2) is 14.0 Å². The van der Waals surface area contributed by atoms with Crippen LogP contribution in [0.2, 0.25) is 0 Å². The number of aliphatic hydroxyl groups excluding tert-OH is 1. The van der Waals surface area contributed by atoms with Gasteiger partial charge in [-0.15, -0.1) is 0 Å². The van der Waals surface area contributed by atoms with Crippen LogP contribution in [0.3, 0.4) is 0 Å². The molecule has 0 fully saturated rings. The Morgan fingerprint density at radius 2 is 1.58 bits per heavy atom. The molecule has 0 saturated heterocycles. The molecule has 1 aliphatic rings. The van der Waals surface area contributed by atoms with E-state index in [4.69, 9.17) is 9.47 Å². The van der Waals surface area contributed by atoms with E-state index >= 15 is 0 Å². The molecule has 3 aromatic carbocycles. The average Bonchev–Trinajstić information content (AvgIpc) is 3.10. The third-order valence-corrected chi connectivity index (χ3v) is 8.68. The molecule has 1 aliphatic heterocycles. The van der Waals surface area contributed by atoms with Crippen LogP contribution >= 0.6 is 0 Å². The number of fused-ring (bicyclic) bond motifs is 1. The Bertz CT molecular complexity index is 1660. The quantitative estimate of drug-likeness (QED) is 0.187. The van der Waals surface area contributed by atoms with Crippen molar-refractivity contribution in [1.82, 2.24) is 9.80 Å². The summed E-state index contributed by atoms with van der Waals surface area (Å²) in [7, 11) is 1.61. The zero-order valence-electron chi connectivity index (χ0n) is 29.5. The second-order valence-corrected chi connectivity index (χ2v) is 13.0. The van der Waals surface area contributed by atoms with Crippen LogP contribution in [0.15, 0.2) is 66.7 Å². The molecule has 52 heavy (non-hydrogen) atoms. The molecule has 4 rings (SSSR count). The zero-order chi connectivity index (χ0) is 38.0. The summed E-state index contributed by atoms with van der Waals surface area (Å²) in [6.45, 7) is 5.78. The molecule has 0 aromatic heterocycles. The van der Waals surface area contributed by atoms with E-state index < -0.39 is 47.7 Å². The lowest BCUT2D eigenvalue weighted by Crippen LogP contribution is -2.48. The normalized spacial score (nSPS) is 19.4. The van der Waals surface area contributed by atoms with Gasteiger partial charge in [-0.05, 0) is 99.8 Å². The zero-order valence-corrected chi connectivity index (χ0v) is 29.5. The number of anilines is 3. The lowest BCUT2D eigenvalue weighted by atomic mass is 10.0. The number of benzene rings is 3. The molecule has 282 valence electrons. The Hall–Kier alpha value is -4.89. The minimum Gasteiger partial charge on any atom is -0.490 e. The van der Waals surface area contributed by atoms with Gasteiger partial charge < -0.3 is 40.3 Å². The summed E-state index contributed by atoms with van der Waals surface area (Å²) >= 11 is 0. The highest BCUT2D eigenvalue weighted by Gasteiger charge is 2.32. The Morgan fingerprint density at radius 1 is 0.962 bits per heavy atom. The molecular formula is C37H45F4N5O6. The molecule has 0 saturated carbocycles. The highest BCUT2D eigenvalue weighted by atomic mass is 19.4. The van der Waals surface area contributed by atoms with Gasteiger partial charge in [0.1, 0.15) is 11.6 Å². The maximum Gasteiger partial charge on any atom is 0.416 e. The monoisotopic (exact) mass is 731 g/mol. The molecule has 0 radical (unpaired) electrons. The number of aliphatic hydroxyl groups is 1. The van der Waals surface area contributed by atoms with Crippen LogP contribution in [0.25, 0.3) is 0 Å². The van der Waals surface area contributed by atoms with E-state index in [1.807, 2.05) is 13.8 Å². The number of halogens is 4. The highest BCUT2D eigenvalue weighted by Crippen LogP contribution is 2.31. The number of carbonyl (C=O) groups excluding carboxylic acids is 3. The number of urea groups is 2. The second kappa shape index (κ2) is 18.0. The fourth-order valence-corrected chi connectivity index (χ4v) is 5.60. The third kappa shape index (κ3) is 11.3. The van der Waals surface area contributed by atoms with Gasteiger partial charge >= 0.3 is 18.2 Å². The number of ether oxygens (including phenoxy) is 2. The maximum atomic E-state index is 14.3. The van der Waals surface area contributed by atoms with Crippen molar-refractivity contribution < 1.29 is 46.5 Å². The van der Waals surface area contributed by atoms with Gasteiger partial charge in [0.25, 0.3) is 5.91 Å². The number of nitrogens with one attached hydrogen (secondary N) is 3. The predicted molar refractivity (Wildman–Crippen MR) is 189 cm³/mol. The molecule has 4 N–H and O–H groups in total. The van der Waals surface area contributed by atoms with Crippen LogP contribution in [0.1, 0.15) is 56.0 Å². The van der Waals surface area contributed by atoms with Gasteiger partial charge in [0.15, 0.2) is 0 Å². The summed E-state index contributed by atoms with van der Waals surface area (Å²) in [6.07, 6.45) is -3.22. The van der Waals surface area contributed by atoms with E-state index in [1.54, 1.807) is 26.1 Å². The number of hydrogen-bond acceptors (Lipinski definition) is 6. The van der Waals surface area contributed by atoms with Crippen LogP contribution in [0.4, 0.5) is 44.2 Å². The van der Waals surface area contributed by atoms with Crippen LogP contribution in [-0.4, -0.2) is 84.5 Å². The Kier molecular flexibility index (Phi) is 13.8. The van der Waals surface area contributed by atoms with Gasteiger partial charge in [-0.1, -0.05) is 6.92 Å². The Morgan fingerprint density at radius 3 is 2.23 bits per heavy atom. The predicted octanol–water partition coefficient (Wildman–Crippen LogP) is 7.45. The Labute approximate surface area is 300 Å². The van der Waals surface area contributed by atoms with E-state index in [2.05, 4.69) is 16.0 Å². The smallest absolute Gasteiger partial charge is 0.416 e. The highest BCUT2D eigenvalue weighted by molar-refractivity contribution is 6.02. The van der Waals surface area contributed by atoms with Gasteiger partial charge in [-0.2, -0.15) is 13.2 Å². The van der Waals surface area contributed by atoms with Crippen molar-refractivity contribution in [3.8, 4) is 5.75 Å². The molecule has 0 aliphatic carbocycles. The van der Waals surface area contributed by atoms with E-state index in [9.17, 15) is 37.1 Å². The Balaban J connectivity index is 1.56. The number of rotatable bonds is 7. The lowest BCUT2D eigenvalue weighted by Gasteiger charge is -2.35. The third-order valence-electron chi connectivity index (χ3n) is 8.68. The van der Waals surface area contributed by atoms with Gasteiger partial charge in [-0.3, -0.25) is 4.79 Å². The molecule has 11 nitrogen and oxygen atoms in total. The number of nitrogens with zero attached hydrogens (tertiary/aromatic N) is 2. The summed E-state index contributed by atoms with van der Waals surface area (Å²) in [5, 5.41) is 18.0. The van der Waals surface area contributed by atoms with Crippen LogP contribution < -0.4 is 20.7 Å². The van der Waals surface area contributed by atoms with E-state index in [0.717, 1.165) is 30.7 Å². The summed E-state index contributed by atoms with van der Waals surface area (Å²) in [5.74, 6) is -0.972. The maximum absolute atomic E-state index is 14.3. The fraction of sp³-hybridized carbons (Fsp3) is 0.432. The van der Waals surface area contributed by atoms with Gasteiger partial charge in [0.05, 0.1) is 36.0 Å².